The van der Waals surface area contributed by atoms with Crippen molar-refractivity contribution in [1.82, 2.24) is 0 Å². The van der Waals surface area contributed by atoms with Crippen LogP contribution in [0.5, 0.6) is 0 Å². The smallest absolute Gasteiger partial charge is 0.413 e. The molecular formula is C29H52O12. The molecule has 0 heterocycles. The predicted molar refractivity (Wildman–Crippen MR) is 148 cm³/mol. The number of rotatable bonds is 24. The Morgan fingerprint density at radius 3 is 0.780 bits per heavy atom. The summed E-state index contributed by atoms with van der Waals surface area (Å²) in [4.78, 5) is 48.2. The molecule has 0 N–H and O–H groups in total. The van der Waals surface area contributed by atoms with E-state index in [1.807, 2.05) is 27.7 Å². The molecule has 240 valence electrons. The lowest BCUT2D eigenvalue weighted by Crippen LogP contribution is -2.45. The zero-order valence-electron chi connectivity index (χ0n) is 26.2. The van der Waals surface area contributed by atoms with Crippen molar-refractivity contribution in [3.05, 3.63) is 0 Å². The summed E-state index contributed by atoms with van der Waals surface area (Å²) >= 11 is 0. The molecule has 0 saturated carbocycles. The van der Waals surface area contributed by atoms with Gasteiger partial charge < -0.3 is 18.9 Å². The molecule has 0 spiro atoms. The van der Waals surface area contributed by atoms with E-state index >= 15 is 0 Å². The van der Waals surface area contributed by atoms with E-state index < -0.39 is 6.16 Å². The number of esters is 4. The van der Waals surface area contributed by atoms with Gasteiger partial charge in [-0.1, -0.05) is 55.4 Å². The highest BCUT2D eigenvalue weighted by molar-refractivity contribution is 5.72. The fraction of sp³-hybridized carbons (Fsp3) is 0.862. The first-order valence-corrected chi connectivity index (χ1v) is 14.7. The first kappa shape index (κ1) is 38.7. The number of carbonyl (C=O) groups excluding carboxylic acids is 4. The van der Waals surface area contributed by atoms with E-state index in [1.165, 1.54) is 0 Å². The summed E-state index contributed by atoms with van der Waals surface area (Å²) in [6, 6.07) is 0. The Hall–Kier alpha value is -2.28. The van der Waals surface area contributed by atoms with Gasteiger partial charge in [0.1, 0.15) is 26.4 Å². The van der Waals surface area contributed by atoms with Crippen LogP contribution in [0.1, 0.15) is 81.1 Å². The fourth-order valence-corrected chi connectivity index (χ4v) is 2.72. The lowest BCUT2D eigenvalue weighted by Gasteiger charge is -2.32. The molecule has 0 fully saturated rings. The lowest BCUT2D eigenvalue weighted by atomic mass is 10.1. The Balaban J connectivity index is 5.46. The Morgan fingerprint density at radius 1 is 0.415 bits per heavy atom. The van der Waals surface area contributed by atoms with Crippen LogP contribution >= 0.6 is 0 Å². The van der Waals surface area contributed by atoms with Crippen LogP contribution in [0.25, 0.3) is 0 Å². The van der Waals surface area contributed by atoms with Crippen LogP contribution in [0.2, 0.25) is 0 Å². The first-order chi connectivity index (χ1) is 19.5. The van der Waals surface area contributed by atoms with Crippen LogP contribution in [0, 0.1) is 23.7 Å². The van der Waals surface area contributed by atoms with Crippen molar-refractivity contribution in [3.63, 3.8) is 0 Å². The van der Waals surface area contributed by atoms with Crippen LogP contribution in [0.3, 0.4) is 0 Å². The number of carbonyl (C=O) groups is 4. The Labute approximate surface area is 245 Å². The van der Waals surface area contributed by atoms with Crippen LogP contribution in [0.15, 0.2) is 0 Å². The SMILES string of the molecule is CCC(C)C(=O)OCCOC(OCCOC(=O)C(C)CC)(OCCOC(=O)C(C)CC)OCCOC(=O)C(C)CC. The maximum absolute atomic E-state index is 12.0. The maximum Gasteiger partial charge on any atom is 0.413 e. The highest BCUT2D eigenvalue weighted by atomic mass is 17.0. The second-order valence-corrected chi connectivity index (χ2v) is 9.80. The molecule has 0 aromatic rings. The van der Waals surface area contributed by atoms with Crippen molar-refractivity contribution < 1.29 is 57.1 Å². The molecule has 0 radical (unpaired) electrons. The fourth-order valence-electron chi connectivity index (χ4n) is 2.72. The van der Waals surface area contributed by atoms with E-state index in [0.717, 1.165) is 0 Å². The zero-order chi connectivity index (χ0) is 31.3. The molecule has 0 aromatic heterocycles. The molecule has 0 rings (SSSR count). The second kappa shape index (κ2) is 22.3. The Kier molecular flexibility index (Phi) is 21.1. The Morgan fingerprint density at radius 2 is 0.610 bits per heavy atom. The average molecular weight is 593 g/mol. The third-order valence-corrected chi connectivity index (χ3v) is 6.48. The van der Waals surface area contributed by atoms with E-state index in [4.69, 9.17) is 37.9 Å². The van der Waals surface area contributed by atoms with Gasteiger partial charge in [-0.15, -0.1) is 0 Å². The number of ether oxygens (including phenoxy) is 8. The molecule has 12 nitrogen and oxygen atoms in total. The molecule has 4 atom stereocenters. The second-order valence-electron chi connectivity index (χ2n) is 9.80. The van der Waals surface area contributed by atoms with Crippen molar-refractivity contribution >= 4 is 23.9 Å². The van der Waals surface area contributed by atoms with Gasteiger partial charge in [0.15, 0.2) is 0 Å². The average Bonchev–Trinajstić information content (AvgIpc) is 2.99. The van der Waals surface area contributed by atoms with E-state index in [2.05, 4.69) is 0 Å². The van der Waals surface area contributed by atoms with Gasteiger partial charge in [0.25, 0.3) is 0 Å². The quantitative estimate of drug-likeness (QED) is 0.0691. The van der Waals surface area contributed by atoms with Crippen LogP contribution in [-0.4, -0.2) is 82.9 Å². The topological polar surface area (TPSA) is 142 Å². The molecule has 0 amide bonds. The molecular weight excluding hydrogens is 540 g/mol. The molecule has 0 bridgehead atoms. The molecule has 0 aliphatic carbocycles. The van der Waals surface area contributed by atoms with Gasteiger partial charge in [-0.05, 0) is 25.7 Å². The maximum atomic E-state index is 12.0. The standard InChI is InChI=1S/C29H52O12/c1-9-21(5)25(30)34-13-17-38-29(39-18-14-35-26(31)22(6)10-2,40-19-15-36-27(32)23(7)11-3)41-20-16-37-28(33)24(8)12-4/h21-24H,9-20H2,1-8H3. The number of hydrogen-bond acceptors (Lipinski definition) is 12. The van der Waals surface area contributed by atoms with Gasteiger partial charge >= 0.3 is 30.0 Å². The lowest BCUT2D eigenvalue weighted by molar-refractivity contribution is -0.501. The Bertz CT molecular complexity index is 631. The van der Waals surface area contributed by atoms with Gasteiger partial charge in [-0.2, -0.15) is 0 Å². The van der Waals surface area contributed by atoms with Crippen LogP contribution in [-0.2, 0) is 57.1 Å². The predicted octanol–water partition coefficient (Wildman–Crippen LogP) is 4.02. The summed E-state index contributed by atoms with van der Waals surface area (Å²) in [7, 11) is 0. The minimum absolute atomic E-state index is 0.115. The molecule has 0 saturated heterocycles. The van der Waals surface area contributed by atoms with Crippen molar-refractivity contribution in [2.75, 3.05) is 52.9 Å². The summed E-state index contributed by atoms with van der Waals surface area (Å²) < 4.78 is 44.0. The normalized spacial score (nSPS) is 15.6. The summed E-state index contributed by atoms with van der Waals surface area (Å²) in [6.07, 6.45) is 0.341. The molecule has 12 heteroatoms. The van der Waals surface area contributed by atoms with E-state index in [9.17, 15) is 19.2 Å². The van der Waals surface area contributed by atoms with Crippen molar-refractivity contribution in [1.29, 1.82) is 0 Å². The molecule has 0 aliphatic rings. The van der Waals surface area contributed by atoms with Crippen LogP contribution < -0.4 is 0 Å². The zero-order valence-corrected chi connectivity index (χ0v) is 26.2. The molecule has 41 heavy (non-hydrogen) atoms. The van der Waals surface area contributed by atoms with Crippen molar-refractivity contribution in [2.24, 2.45) is 23.7 Å². The minimum atomic E-state index is -2.16. The van der Waals surface area contributed by atoms with Gasteiger partial charge in [-0.3, -0.25) is 38.1 Å². The third-order valence-electron chi connectivity index (χ3n) is 6.48. The van der Waals surface area contributed by atoms with Gasteiger partial charge in [0.2, 0.25) is 0 Å². The largest absolute Gasteiger partial charge is 0.463 e. The van der Waals surface area contributed by atoms with Gasteiger partial charge in [-0.25, -0.2) is 0 Å². The minimum Gasteiger partial charge on any atom is -0.463 e. The molecule has 0 aliphatic heterocycles. The monoisotopic (exact) mass is 592 g/mol. The highest BCUT2D eigenvalue weighted by Crippen LogP contribution is 2.19. The summed E-state index contributed by atoms with van der Waals surface area (Å²) in [6.45, 7) is 13.4. The van der Waals surface area contributed by atoms with E-state index in [0.29, 0.717) is 25.7 Å². The van der Waals surface area contributed by atoms with Crippen molar-refractivity contribution in [2.45, 2.75) is 87.2 Å². The molecule has 4 unspecified atom stereocenters. The number of hydrogen-bond donors (Lipinski definition) is 0. The van der Waals surface area contributed by atoms with Gasteiger partial charge in [0.05, 0.1) is 50.1 Å². The highest BCUT2D eigenvalue weighted by Gasteiger charge is 2.37. The summed E-state index contributed by atoms with van der Waals surface area (Å²) in [5.74, 6) is -2.61. The van der Waals surface area contributed by atoms with Crippen LogP contribution in [0.4, 0.5) is 0 Å². The third kappa shape index (κ3) is 16.7. The van der Waals surface area contributed by atoms with E-state index in [1.54, 1.807) is 27.7 Å². The molecule has 0 aromatic carbocycles. The first-order valence-electron chi connectivity index (χ1n) is 14.7. The van der Waals surface area contributed by atoms with Crippen molar-refractivity contribution in [3.8, 4) is 0 Å². The van der Waals surface area contributed by atoms with Gasteiger partial charge in [0, 0.05) is 0 Å². The summed E-state index contributed by atoms with van der Waals surface area (Å²) in [5, 5.41) is 0. The summed E-state index contributed by atoms with van der Waals surface area (Å²) in [5.41, 5.74) is 0. The van der Waals surface area contributed by atoms with E-state index in [-0.39, 0.29) is 100 Å².